The van der Waals surface area contributed by atoms with Gasteiger partial charge >= 0.3 is 0 Å². The summed E-state index contributed by atoms with van der Waals surface area (Å²) in [6.45, 7) is 1.18. The third-order valence-electron chi connectivity index (χ3n) is 8.47. The van der Waals surface area contributed by atoms with Gasteiger partial charge in [-0.25, -0.2) is 9.37 Å². The van der Waals surface area contributed by atoms with Crippen LogP contribution in [0.25, 0.3) is 28.2 Å². The third kappa shape index (κ3) is 3.52. The van der Waals surface area contributed by atoms with Crippen molar-refractivity contribution in [2.45, 2.75) is 69.4 Å². The van der Waals surface area contributed by atoms with Crippen molar-refractivity contribution in [3.63, 3.8) is 0 Å². The first-order chi connectivity index (χ1) is 18.4. The number of aromatic amines is 1. The third-order valence-corrected chi connectivity index (χ3v) is 8.47. The van der Waals surface area contributed by atoms with Gasteiger partial charge in [0, 0.05) is 40.9 Å². The molecule has 4 aromatic heterocycles. The molecule has 0 aromatic carbocycles. The van der Waals surface area contributed by atoms with Gasteiger partial charge in [-0.15, -0.1) is 0 Å². The van der Waals surface area contributed by atoms with Gasteiger partial charge in [-0.2, -0.15) is 14.7 Å². The number of aromatic nitrogens is 6. The number of aliphatic hydroxyl groups is 1. The van der Waals surface area contributed by atoms with E-state index in [1.165, 1.54) is 0 Å². The summed E-state index contributed by atoms with van der Waals surface area (Å²) in [5.74, 6) is 0.608. The summed E-state index contributed by atoms with van der Waals surface area (Å²) in [6.07, 6.45) is 9.15. The second-order valence-electron chi connectivity index (χ2n) is 10.8. The lowest BCUT2D eigenvalue weighted by Gasteiger charge is -2.39. The molecular formula is C27H29FN8O2. The van der Waals surface area contributed by atoms with E-state index in [-0.39, 0.29) is 29.6 Å². The van der Waals surface area contributed by atoms with Crippen molar-refractivity contribution in [3.05, 3.63) is 47.3 Å². The molecule has 10 nitrogen and oxygen atoms in total. The molecular weight excluding hydrogens is 487 g/mol. The zero-order valence-electron chi connectivity index (χ0n) is 21.1. The first-order valence-electron chi connectivity index (χ1n) is 13.2. The number of fused-ring (bicyclic) bond motifs is 3. The number of anilines is 1. The Morgan fingerprint density at radius 3 is 2.53 bits per heavy atom. The largest absolute Gasteiger partial charge is 0.387 e. The SMILES string of the molecule is Cc1[nH]nc(-c2ccc(-c3cnn4c(N)c(C5CC5)c(C5C[C@H]6CC[C@@H](C5)N6C(=O)CO)nc34)cn2)c1F. The number of hydrogen-bond acceptors (Lipinski definition) is 7. The van der Waals surface area contributed by atoms with Gasteiger partial charge in [-0.3, -0.25) is 14.9 Å². The first-order valence-corrected chi connectivity index (χ1v) is 13.2. The number of piperidine rings is 1. The number of rotatable bonds is 5. The molecule has 1 amide bonds. The van der Waals surface area contributed by atoms with Crippen molar-refractivity contribution in [1.82, 2.24) is 34.7 Å². The van der Waals surface area contributed by atoms with Crippen LogP contribution in [0, 0.1) is 12.7 Å². The highest BCUT2D eigenvalue weighted by atomic mass is 19.1. The molecule has 2 aliphatic heterocycles. The number of nitrogen functional groups attached to an aromatic ring is 1. The maximum atomic E-state index is 14.3. The summed E-state index contributed by atoms with van der Waals surface area (Å²) in [4.78, 5) is 23.9. The molecule has 196 valence electrons. The molecule has 2 bridgehead atoms. The Morgan fingerprint density at radius 1 is 1.16 bits per heavy atom. The summed E-state index contributed by atoms with van der Waals surface area (Å²) in [5.41, 5.74) is 12.1. The summed E-state index contributed by atoms with van der Waals surface area (Å²) in [5, 5.41) is 20.7. The van der Waals surface area contributed by atoms with Gasteiger partial charge in [0.15, 0.2) is 11.5 Å². The van der Waals surface area contributed by atoms with E-state index in [0.717, 1.165) is 60.9 Å². The fourth-order valence-electron chi connectivity index (χ4n) is 6.52. The highest BCUT2D eigenvalue weighted by Crippen LogP contribution is 2.50. The van der Waals surface area contributed by atoms with E-state index in [1.54, 1.807) is 29.9 Å². The highest BCUT2D eigenvalue weighted by molar-refractivity contribution is 5.80. The number of amides is 1. The minimum atomic E-state index is -0.444. The smallest absolute Gasteiger partial charge is 0.248 e. The Bertz CT molecular complexity index is 1540. The number of pyridine rings is 1. The number of aliphatic hydroxyl groups excluding tert-OH is 1. The maximum Gasteiger partial charge on any atom is 0.248 e. The van der Waals surface area contributed by atoms with Crippen LogP contribution in [-0.4, -0.2) is 64.4 Å². The fraction of sp³-hybridized carbons (Fsp3) is 0.444. The average molecular weight is 517 g/mol. The molecule has 0 spiro atoms. The lowest BCUT2D eigenvalue weighted by molar-refractivity contribution is -0.138. The van der Waals surface area contributed by atoms with Gasteiger partial charge in [0.1, 0.15) is 18.1 Å². The van der Waals surface area contributed by atoms with Gasteiger partial charge < -0.3 is 15.7 Å². The highest BCUT2D eigenvalue weighted by Gasteiger charge is 2.45. The van der Waals surface area contributed by atoms with Gasteiger partial charge in [0.05, 0.1) is 23.3 Å². The quantitative estimate of drug-likeness (QED) is 0.370. The Hall–Kier alpha value is -3.86. The van der Waals surface area contributed by atoms with E-state index in [0.29, 0.717) is 28.8 Å². The summed E-state index contributed by atoms with van der Waals surface area (Å²) in [7, 11) is 0. The van der Waals surface area contributed by atoms with Crippen LogP contribution in [0.4, 0.5) is 10.2 Å². The van der Waals surface area contributed by atoms with Crippen molar-refractivity contribution in [2.24, 2.45) is 0 Å². The number of halogens is 1. The van der Waals surface area contributed by atoms with E-state index in [9.17, 15) is 14.3 Å². The van der Waals surface area contributed by atoms with Gasteiger partial charge in [-0.1, -0.05) is 6.07 Å². The first kappa shape index (κ1) is 23.3. The molecule has 3 atom stereocenters. The number of carbonyl (C=O) groups excluding carboxylic acids is 1. The second-order valence-corrected chi connectivity index (χ2v) is 10.8. The number of carbonyl (C=O) groups is 1. The predicted octanol–water partition coefficient (Wildman–Crippen LogP) is 3.32. The van der Waals surface area contributed by atoms with E-state index in [4.69, 9.17) is 10.7 Å². The summed E-state index contributed by atoms with van der Waals surface area (Å²) < 4.78 is 16.1. The fourth-order valence-corrected chi connectivity index (χ4v) is 6.52. The van der Waals surface area contributed by atoms with Crippen molar-refractivity contribution < 1.29 is 14.3 Å². The van der Waals surface area contributed by atoms with Crippen molar-refractivity contribution >= 4 is 17.4 Å². The normalized spacial score (nSPS) is 22.9. The maximum absolute atomic E-state index is 14.3. The molecule has 3 aliphatic rings. The van der Waals surface area contributed by atoms with Crippen LogP contribution in [0.5, 0.6) is 0 Å². The molecule has 1 saturated carbocycles. The Morgan fingerprint density at radius 2 is 1.92 bits per heavy atom. The number of aryl methyl sites for hydroxylation is 1. The number of hydrogen-bond donors (Lipinski definition) is 3. The van der Waals surface area contributed by atoms with Crippen LogP contribution in [-0.2, 0) is 4.79 Å². The van der Waals surface area contributed by atoms with E-state index in [2.05, 4.69) is 20.3 Å². The zero-order chi connectivity index (χ0) is 26.1. The zero-order valence-corrected chi connectivity index (χ0v) is 21.1. The molecule has 0 radical (unpaired) electrons. The Labute approximate surface area is 218 Å². The average Bonchev–Trinajstić information content (AvgIpc) is 3.50. The van der Waals surface area contributed by atoms with E-state index in [1.807, 2.05) is 11.0 Å². The van der Waals surface area contributed by atoms with Gasteiger partial charge in [-0.05, 0) is 57.4 Å². The number of nitrogens with zero attached hydrogens (tertiary/aromatic N) is 6. The topological polar surface area (TPSA) is 138 Å². The van der Waals surface area contributed by atoms with Crippen LogP contribution in [0.15, 0.2) is 24.5 Å². The molecule has 1 unspecified atom stereocenters. The van der Waals surface area contributed by atoms with Crippen LogP contribution in [0.1, 0.15) is 67.3 Å². The van der Waals surface area contributed by atoms with E-state index >= 15 is 0 Å². The van der Waals surface area contributed by atoms with Crippen molar-refractivity contribution in [3.8, 4) is 22.5 Å². The van der Waals surface area contributed by atoms with Crippen LogP contribution in [0.2, 0.25) is 0 Å². The molecule has 6 heterocycles. The standard InChI is InChI=1S/C27H29FN8O2/c1-13-23(28)25(34-33-13)20-7-4-15(10-30-20)19-11-31-36-26(29)22(14-2-3-14)24(32-27(19)36)16-8-17-5-6-18(9-16)35(17)21(38)12-37/h4,7,10-11,14,16-18,37H,2-3,5-6,8-9,12,29H2,1H3,(H,33,34)/t16?,17-,18+. The molecule has 38 heavy (non-hydrogen) atoms. The Kier molecular flexibility index (Phi) is 5.26. The molecule has 2 saturated heterocycles. The summed E-state index contributed by atoms with van der Waals surface area (Å²) in [6, 6.07) is 3.86. The lowest BCUT2D eigenvalue weighted by Crippen LogP contribution is -2.47. The second kappa shape index (κ2) is 8.59. The molecule has 11 heteroatoms. The number of H-pyrrole nitrogens is 1. The molecule has 4 N–H and O–H groups in total. The van der Waals surface area contributed by atoms with Crippen LogP contribution < -0.4 is 5.73 Å². The van der Waals surface area contributed by atoms with Crippen molar-refractivity contribution in [2.75, 3.05) is 12.3 Å². The lowest BCUT2D eigenvalue weighted by atomic mass is 9.85. The number of nitrogens with two attached hydrogens (primary N) is 1. The van der Waals surface area contributed by atoms with E-state index < -0.39 is 12.4 Å². The minimum absolute atomic E-state index is 0.122. The summed E-state index contributed by atoms with van der Waals surface area (Å²) >= 11 is 0. The monoisotopic (exact) mass is 516 g/mol. The molecule has 4 aromatic rings. The molecule has 7 rings (SSSR count). The van der Waals surface area contributed by atoms with Crippen LogP contribution in [0.3, 0.4) is 0 Å². The number of nitrogens with one attached hydrogen (secondary N) is 1. The van der Waals surface area contributed by atoms with Crippen molar-refractivity contribution in [1.29, 1.82) is 0 Å². The predicted molar refractivity (Wildman–Crippen MR) is 138 cm³/mol. The van der Waals surface area contributed by atoms with Gasteiger partial charge in [0.2, 0.25) is 5.91 Å². The van der Waals surface area contributed by atoms with Gasteiger partial charge in [0.25, 0.3) is 0 Å². The molecule has 3 fully saturated rings. The Balaban J connectivity index is 1.28. The molecule has 1 aliphatic carbocycles. The minimum Gasteiger partial charge on any atom is -0.387 e. The van der Waals surface area contributed by atoms with Crippen LogP contribution >= 0.6 is 0 Å².